The zero-order valence-electron chi connectivity index (χ0n) is 20.4. The molecule has 4 aromatic rings. The first-order valence-electron chi connectivity index (χ1n) is 12.1. The monoisotopic (exact) mass is 541 g/mol. The molecule has 7 nitrogen and oxygen atoms in total. The fourth-order valence-corrected chi connectivity index (χ4v) is 6.22. The van der Waals surface area contributed by atoms with E-state index in [9.17, 15) is 18.8 Å². The van der Waals surface area contributed by atoms with E-state index >= 15 is 0 Å². The van der Waals surface area contributed by atoms with E-state index in [1.165, 1.54) is 38.7 Å². The van der Waals surface area contributed by atoms with Crippen molar-refractivity contribution in [1.82, 2.24) is 14.0 Å². The minimum absolute atomic E-state index is 0.0583. The maximum atomic E-state index is 13.8. The number of carbonyl (C=O) groups is 1. The van der Waals surface area contributed by atoms with Crippen molar-refractivity contribution in [3.05, 3.63) is 95.7 Å². The summed E-state index contributed by atoms with van der Waals surface area (Å²) < 4.78 is 21.6. The molecule has 0 spiro atoms. The molecular formula is C27H25ClFN3O4S. The maximum absolute atomic E-state index is 13.8. The Labute approximate surface area is 221 Å². The van der Waals surface area contributed by atoms with Crippen LogP contribution in [0.4, 0.5) is 9.18 Å². The summed E-state index contributed by atoms with van der Waals surface area (Å²) in [5.74, 6) is -0.474. The lowest BCUT2D eigenvalue weighted by Crippen LogP contribution is -2.39. The second-order valence-corrected chi connectivity index (χ2v) is 10.3. The highest BCUT2D eigenvalue weighted by Crippen LogP contribution is 2.34. The molecule has 0 radical (unpaired) electrons. The summed E-state index contributed by atoms with van der Waals surface area (Å²) >= 11 is 7.63. The van der Waals surface area contributed by atoms with E-state index in [1.807, 2.05) is 19.1 Å². The normalized spacial score (nSPS) is 13.1. The van der Waals surface area contributed by atoms with Crippen molar-refractivity contribution in [3.63, 3.8) is 0 Å². The molecule has 1 aliphatic heterocycles. The number of carbonyl (C=O) groups excluding carboxylic acids is 1. The summed E-state index contributed by atoms with van der Waals surface area (Å²) in [6.45, 7) is 4.82. The van der Waals surface area contributed by atoms with Gasteiger partial charge in [0.05, 0.1) is 30.8 Å². The molecule has 2 aromatic heterocycles. The predicted octanol–water partition coefficient (Wildman–Crippen LogP) is 5.13. The van der Waals surface area contributed by atoms with Gasteiger partial charge in [0.1, 0.15) is 10.6 Å². The molecule has 0 unspecified atom stereocenters. The van der Waals surface area contributed by atoms with Gasteiger partial charge in [0, 0.05) is 16.4 Å². The van der Waals surface area contributed by atoms with Gasteiger partial charge < -0.3 is 9.64 Å². The van der Waals surface area contributed by atoms with Gasteiger partial charge in [-0.05, 0) is 60.7 Å². The van der Waals surface area contributed by atoms with Crippen LogP contribution in [0, 0.1) is 5.82 Å². The molecule has 192 valence electrons. The third-order valence-electron chi connectivity index (χ3n) is 6.59. The highest BCUT2D eigenvalue weighted by atomic mass is 35.5. The number of aryl methyl sites for hydroxylation is 1. The van der Waals surface area contributed by atoms with E-state index in [-0.39, 0.29) is 18.2 Å². The van der Waals surface area contributed by atoms with Gasteiger partial charge in [-0.15, -0.1) is 11.3 Å². The summed E-state index contributed by atoms with van der Waals surface area (Å²) in [6, 6.07) is 11.4. The van der Waals surface area contributed by atoms with E-state index in [4.69, 9.17) is 16.3 Å². The Balaban J connectivity index is 1.73. The fourth-order valence-electron chi connectivity index (χ4n) is 4.64. The molecule has 0 N–H and O–H groups in total. The number of hydrogen-bond acceptors (Lipinski definition) is 5. The number of ether oxygens (including phenoxy) is 1. The van der Waals surface area contributed by atoms with E-state index < -0.39 is 23.2 Å². The van der Waals surface area contributed by atoms with Gasteiger partial charge >= 0.3 is 11.8 Å². The van der Waals surface area contributed by atoms with Crippen molar-refractivity contribution in [2.24, 2.45) is 0 Å². The number of thiophene rings is 1. The average molecular weight is 542 g/mol. The highest BCUT2D eigenvalue weighted by Gasteiger charge is 2.29. The van der Waals surface area contributed by atoms with Crippen LogP contribution < -0.4 is 11.2 Å². The molecule has 2 aromatic carbocycles. The van der Waals surface area contributed by atoms with Gasteiger partial charge in [0.2, 0.25) is 0 Å². The molecule has 0 fully saturated rings. The van der Waals surface area contributed by atoms with Crippen molar-refractivity contribution in [3.8, 4) is 5.69 Å². The number of halogens is 2. The molecule has 3 heterocycles. The summed E-state index contributed by atoms with van der Waals surface area (Å²) in [6.07, 6.45) is 0.888. The van der Waals surface area contributed by atoms with E-state index in [2.05, 4.69) is 0 Å². The topological polar surface area (TPSA) is 73.5 Å². The summed E-state index contributed by atoms with van der Waals surface area (Å²) in [5.41, 5.74) is 2.04. The summed E-state index contributed by atoms with van der Waals surface area (Å²) in [5, 5.41) is 0.654. The molecular weight excluding hydrogens is 517 g/mol. The minimum atomic E-state index is -0.511. The first kappa shape index (κ1) is 25.2. The number of nitrogens with zero attached hydrogens (tertiary/aromatic N) is 3. The molecule has 5 rings (SSSR count). The molecule has 10 heteroatoms. The zero-order valence-corrected chi connectivity index (χ0v) is 22.0. The summed E-state index contributed by atoms with van der Waals surface area (Å²) in [4.78, 5) is 43.0. The van der Waals surface area contributed by atoms with Crippen LogP contribution in [0.3, 0.4) is 0 Å². The number of amides is 1. The highest BCUT2D eigenvalue weighted by molar-refractivity contribution is 7.18. The van der Waals surface area contributed by atoms with Crippen molar-refractivity contribution in [2.45, 2.75) is 39.8 Å². The van der Waals surface area contributed by atoms with Crippen LogP contribution in [0.2, 0.25) is 5.02 Å². The Kier molecular flexibility index (Phi) is 6.92. The van der Waals surface area contributed by atoms with Crippen molar-refractivity contribution in [1.29, 1.82) is 0 Å². The molecule has 0 saturated heterocycles. The minimum Gasteiger partial charge on any atom is -0.450 e. The van der Waals surface area contributed by atoms with Crippen LogP contribution in [0.25, 0.3) is 15.9 Å². The van der Waals surface area contributed by atoms with Gasteiger partial charge in [-0.25, -0.2) is 18.5 Å². The number of rotatable bonds is 5. The molecule has 0 aliphatic carbocycles. The molecule has 0 bridgehead atoms. The average Bonchev–Trinajstić information content (AvgIpc) is 3.27. The number of benzene rings is 2. The second kappa shape index (κ2) is 10.1. The van der Waals surface area contributed by atoms with Gasteiger partial charge in [-0.3, -0.25) is 9.36 Å². The van der Waals surface area contributed by atoms with Crippen molar-refractivity contribution >= 4 is 39.2 Å². The Bertz CT molecular complexity index is 1620. The summed E-state index contributed by atoms with van der Waals surface area (Å²) in [7, 11) is 0. The van der Waals surface area contributed by atoms with Crippen LogP contribution in [0.15, 0.2) is 52.1 Å². The second-order valence-electron chi connectivity index (χ2n) is 8.82. The first-order valence-corrected chi connectivity index (χ1v) is 13.3. The zero-order chi connectivity index (χ0) is 26.3. The molecule has 0 atom stereocenters. The number of aromatic nitrogens is 2. The van der Waals surface area contributed by atoms with Crippen LogP contribution in [0.1, 0.15) is 35.4 Å². The Morgan fingerprint density at radius 1 is 1.14 bits per heavy atom. The Morgan fingerprint density at radius 2 is 1.89 bits per heavy atom. The Hall–Kier alpha value is -3.43. The van der Waals surface area contributed by atoms with Crippen LogP contribution in [-0.2, 0) is 30.7 Å². The third kappa shape index (κ3) is 4.57. The molecule has 1 amide bonds. The van der Waals surface area contributed by atoms with Crippen molar-refractivity contribution < 1.29 is 13.9 Å². The van der Waals surface area contributed by atoms with Crippen molar-refractivity contribution in [2.75, 3.05) is 13.2 Å². The van der Waals surface area contributed by atoms with Crippen LogP contribution >= 0.6 is 22.9 Å². The van der Waals surface area contributed by atoms with E-state index in [0.717, 1.165) is 22.4 Å². The molecule has 1 aliphatic rings. The lowest BCUT2D eigenvalue weighted by atomic mass is 10.1. The number of hydrogen-bond donors (Lipinski definition) is 0. The van der Waals surface area contributed by atoms with Crippen LogP contribution in [0.5, 0.6) is 0 Å². The lowest BCUT2D eigenvalue weighted by molar-refractivity contribution is 0.103. The number of fused-ring (bicyclic) bond motifs is 3. The van der Waals surface area contributed by atoms with Gasteiger partial charge in [-0.2, -0.15) is 0 Å². The fraction of sp³-hybridized carbons (Fsp3) is 0.296. The van der Waals surface area contributed by atoms with Crippen LogP contribution in [-0.4, -0.2) is 33.3 Å². The van der Waals surface area contributed by atoms with Gasteiger partial charge in [0.25, 0.3) is 5.56 Å². The quantitative estimate of drug-likeness (QED) is 0.351. The molecule has 37 heavy (non-hydrogen) atoms. The SMILES string of the molecule is CCOC(=O)N1CCc2c(sc3c2c(=O)n(-c2ccc(CC)cc2)c(=O)n3Cc2ccc(F)cc2Cl)C1. The van der Waals surface area contributed by atoms with E-state index in [1.54, 1.807) is 24.0 Å². The predicted molar refractivity (Wildman–Crippen MR) is 143 cm³/mol. The Morgan fingerprint density at radius 3 is 2.57 bits per heavy atom. The third-order valence-corrected chi connectivity index (χ3v) is 8.19. The maximum Gasteiger partial charge on any atom is 0.410 e. The largest absolute Gasteiger partial charge is 0.450 e. The van der Waals surface area contributed by atoms with Gasteiger partial charge in [0.15, 0.2) is 0 Å². The molecule has 0 saturated carbocycles. The smallest absolute Gasteiger partial charge is 0.410 e. The van der Waals surface area contributed by atoms with E-state index in [0.29, 0.717) is 41.0 Å². The lowest BCUT2D eigenvalue weighted by Gasteiger charge is -2.25. The standard InChI is InChI=1S/C27H25ClFN3O4S/c1-3-16-5-9-19(10-6-16)32-24(33)23-20-11-12-30(27(35)36-4-2)15-22(20)37-25(23)31(26(32)34)14-17-7-8-18(29)13-21(17)28/h5-10,13H,3-4,11-12,14-15H2,1-2H3. The van der Waals surface area contributed by atoms with Gasteiger partial charge in [-0.1, -0.05) is 36.7 Å². The first-order chi connectivity index (χ1) is 17.8.